The number of nitrogens with one attached hydrogen (secondary N) is 1. The van der Waals surface area contributed by atoms with E-state index >= 15 is 0 Å². The standard InChI is InChI=1S/C18H20N2O6S/c1-12-11-27-18(24)20(12)9-16(22)26-10-15(21)19-14(17(23)25-2)8-13-6-4-3-5-7-13/h3-7,11,14H,8-10H2,1-2H3,(H,19,21)/t14-/m1/s1. The summed E-state index contributed by atoms with van der Waals surface area (Å²) in [6, 6.07) is 8.23. The molecule has 2 rings (SSSR count). The van der Waals surface area contributed by atoms with Crippen molar-refractivity contribution >= 4 is 29.2 Å². The van der Waals surface area contributed by atoms with Gasteiger partial charge in [0.2, 0.25) is 0 Å². The number of methoxy groups -OCH3 is 1. The molecule has 1 aromatic carbocycles. The number of aryl methyl sites for hydroxylation is 1. The Labute approximate surface area is 159 Å². The number of thiazole rings is 1. The van der Waals surface area contributed by atoms with Gasteiger partial charge in [0.15, 0.2) is 6.61 Å². The lowest BCUT2D eigenvalue weighted by Crippen LogP contribution is -2.44. The van der Waals surface area contributed by atoms with Gasteiger partial charge in [0.05, 0.1) is 7.11 Å². The summed E-state index contributed by atoms with van der Waals surface area (Å²) in [7, 11) is 1.23. The van der Waals surface area contributed by atoms with Gasteiger partial charge >= 0.3 is 16.8 Å². The Morgan fingerprint density at radius 3 is 2.52 bits per heavy atom. The zero-order chi connectivity index (χ0) is 19.8. The molecule has 0 saturated carbocycles. The van der Waals surface area contributed by atoms with Gasteiger partial charge in [0, 0.05) is 17.5 Å². The van der Waals surface area contributed by atoms with E-state index in [4.69, 9.17) is 9.47 Å². The molecule has 27 heavy (non-hydrogen) atoms. The molecular formula is C18H20N2O6S. The summed E-state index contributed by atoms with van der Waals surface area (Å²) in [6.07, 6.45) is 0.247. The van der Waals surface area contributed by atoms with Crippen LogP contribution in [0.4, 0.5) is 0 Å². The van der Waals surface area contributed by atoms with Crippen LogP contribution in [0.15, 0.2) is 40.5 Å². The van der Waals surface area contributed by atoms with Gasteiger partial charge < -0.3 is 14.8 Å². The first-order chi connectivity index (χ1) is 12.9. The number of hydrogen-bond donors (Lipinski definition) is 1. The topological polar surface area (TPSA) is 104 Å². The van der Waals surface area contributed by atoms with Gasteiger partial charge in [-0.25, -0.2) is 4.79 Å². The van der Waals surface area contributed by atoms with Crippen LogP contribution in [-0.4, -0.2) is 42.2 Å². The number of benzene rings is 1. The number of amides is 1. The van der Waals surface area contributed by atoms with E-state index in [1.165, 1.54) is 11.7 Å². The number of nitrogens with zero attached hydrogens (tertiary/aromatic N) is 1. The van der Waals surface area contributed by atoms with Gasteiger partial charge in [-0.2, -0.15) is 0 Å². The Hall–Kier alpha value is -2.94. The van der Waals surface area contributed by atoms with Crippen molar-refractivity contribution in [2.45, 2.75) is 25.9 Å². The summed E-state index contributed by atoms with van der Waals surface area (Å²) in [5, 5.41) is 4.13. The number of carbonyl (C=O) groups excluding carboxylic acids is 3. The molecule has 0 spiro atoms. The minimum Gasteiger partial charge on any atom is -0.467 e. The van der Waals surface area contributed by atoms with E-state index < -0.39 is 30.5 Å². The van der Waals surface area contributed by atoms with E-state index in [1.54, 1.807) is 12.3 Å². The molecule has 9 heteroatoms. The highest BCUT2D eigenvalue weighted by atomic mass is 32.1. The zero-order valence-electron chi connectivity index (χ0n) is 15.0. The molecule has 0 saturated heterocycles. The van der Waals surface area contributed by atoms with Crippen LogP contribution in [0.25, 0.3) is 0 Å². The molecule has 0 bridgehead atoms. The van der Waals surface area contributed by atoms with Crippen molar-refractivity contribution in [3.05, 3.63) is 56.6 Å². The molecule has 0 fully saturated rings. The second kappa shape index (κ2) is 9.67. The van der Waals surface area contributed by atoms with E-state index in [0.29, 0.717) is 5.69 Å². The van der Waals surface area contributed by atoms with E-state index in [0.717, 1.165) is 16.9 Å². The van der Waals surface area contributed by atoms with Gasteiger partial charge in [0.25, 0.3) is 5.91 Å². The maximum atomic E-state index is 12.0. The summed E-state index contributed by atoms with van der Waals surface area (Å²) in [6.45, 7) is 0.868. The third-order valence-electron chi connectivity index (χ3n) is 3.73. The largest absolute Gasteiger partial charge is 0.467 e. The maximum Gasteiger partial charge on any atom is 0.328 e. The minimum absolute atomic E-state index is 0.247. The number of hydrogen-bond acceptors (Lipinski definition) is 7. The second-order valence-corrected chi connectivity index (χ2v) is 6.54. The first-order valence-corrected chi connectivity index (χ1v) is 9.00. The van der Waals surface area contributed by atoms with Gasteiger partial charge in [-0.15, -0.1) is 0 Å². The summed E-state index contributed by atoms with van der Waals surface area (Å²) < 4.78 is 10.9. The monoisotopic (exact) mass is 392 g/mol. The Bertz CT molecular complexity index is 858. The van der Waals surface area contributed by atoms with Crippen LogP contribution < -0.4 is 10.2 Å². The van der Waals surface area contributed by atoms with Crippen molar-refractivity contribution < 1.29 is 23.9 Å². The molecule has 144 valence electrons. The number of rotatable bonds is 8. The quantitative estimate of drug-likeness (QED) is 0.662. The molecule has 0 aliphatic heterocycles. The van der Waals surface area contributed by atoms with Gasteiger partial charge in [-0.3, -0.25) is 19.0 Å². The molecule has 0 radical (unpaired) electrons. The molecule has 0 unspecified atom stereocenters. The average Bonchev–Trinajstić information content (AvgIpc) is 2.98. The molecule has 2 aromatic rings. The van der Waals surface area contributed by atoms with Crippen molar-refractivity contribution in [1.82, 2.24) is 9.88 Å². The van der Waals surface area contributed by atoms with Crippen LogP contribution in [0, 0.1) is 6.92 Å². The van der Waals surface area contributed by atoms with Crippen LogP contribution in [-0.2, 0) is 36.8 Å². The van der Waals surface area contributed by atoms with Crippen LogP contribution in [0.2, 0.25) is 0 Å². The molecule has 1 aromatic heterocycles. The number of aromatic nitrogens is 1. The fourth-order valence-corrected chi connectivity index (χ4v) is 3.07. The SMILES string of the molecule is COC(=O)[C@@H](Cc1ccccc1)NC(=O)COC(=O)Cn1c(C)csc1=O. The second-order valence-electron chi connectivity index (χ2n) is 5.72. The molecule has 1 atom stereocenters. The van der Waals surface area contributed by atoms with Crippen molar-refractivity contribution in [3.63, 3.8) is 0 Å². The smallest absolute Gasteiger partial charge is 0.328 e. The van der Waals surface area contributed by atoms with Gasteiger partial charge in [0.1, 0.15) is 12.6 Å². The van der Waals surface area contributed by atoms with Crippen LogP contribution in [0.5, 0.6) is 0 Å². The van der Waals surface area contributed by atoms with E-state index in [9.17, 15) is 19.2 Å². The number of esters is 2. The van der Waals surface area contributed by atoms with Crippen molar-refractivity contribution in [3.8, 4) is 0 Å². The first-order valence-electron chi connectivity index (χ1n) is 8.12. The van der Waals surface area contributed by atoms with Crippen LogP contribution >= 0.6 is 11.3 Å². The zero-order valence-corrected chi connectivity index (χ0v) is 15.8. The fourth-order valence-electron chi connectivity index (χ4n) is 2.34. The van der Waals surface area contributed by atoms with Crippen molar-refractivity contribution in [2.24, 2.45) is 0 Å². The fraction of sp³-hybridized carbons (Fsp3) is 0.333. The summed E-state index contributed by atoms with van der Waals surface area (Å²) in [5.41, 5.74) is 1.48. The van der Waals surface area contributed by atoms with Gasteiger partial charge in [-0.05, 0) is 12.5 Å². The molecule has 0 aliphatic rings. The molecule has 1 amide bonds. The summed E-state index contributed by atoms with van der Waals surface area (Å²) in [5.74, 6) is -1.95. The van der Waals surface area contributed by atoms with Crippen LogP contribution in [0.3, 0.4) is 0 Å². The molecule has 1 heterocycles. The molecule has 1 N–H and O–H groups in total. The van der Waals surface area contributed by atoms with Crippen molar-refractivity contribution in [2.75, 3.05) is 13.7 Å². The van der Waals surface area contributed by atoms with E-state index in [-0.39, 0.29) is 17.8 Å². The average molecular weight is 392 g/mol. The van der Waals surface area contributed by atoms with Crippen molar-refractivity contribution in [1.29, 1.82) is 0 Å². The predicted octanol–water partition coefficient (Wildman–Crippen LogP) is 0.662. The van der Waals surface area contributed by atoms with Crippen LogP contribution in [0.1, 0.15) is 11.3 Å². The highest BCUT2D eigenvalue weighted by Crippen LogP contribution is 2.05. The lowest BCUT2D eigenvalue weighted by atomic mass is 10.1. The molecule has 0 aliphatic carbocycles. The van der Waals surface area contributed by atoms with Gasteiger partial charge in [-0.1, -0.05) is 41.7 Å². The predicted molar refractivity (Wildman–Crippen MR) is 98.4 cm³/mol. The number of carbonyl (C=O) groups is 3. The lowest BCUT2D eigenvalue weighted by Gasteiger charge is -2.16. The van der Waals surface area contributed by atoms with E-state index in [1.807, 2.05) is 30.3 Å². The highest BCUT2D eigenvalue weighted by molar-refractivity contribution is 7.07. The maximum absolute atomic E-state index is 12.0. The lowest BCUT2D eigenvalue weighted by molar-refractivity contribution is -0.150. The highest BCUT2D eigenvalue weighted by Gasteiger charge is 2.22. The first kappa shape index (κ1) is 20.4. The third-order valence-corrected chi connectivity index (χ3v) is 4.61. The molecular weight excluding hydrogens is 372 g/mol. The Balaban J connectivity index is 1.88. The molecule has 8 nitrogen and oxygen atoms in total. The number of ether oxygens (including phenoxy) is 2. The summed E-state index contributed by atoms with van der Waals surface area (Å²) >= 11 is 0.981. The minimum atomic E-state index is -0.898. The Morgan fingerprint density at radius 2 is 1.93 bits per heavy atom. The Kier molecular flexibility index (Phi) is 7.30. The third kappa shape index (κ3) is 6.07. The normalized spacial score (nSPS) is 11.5. The van der Waals surface area contributed by atoms with E-state index in [2.05, 4.69) is 5.32 Å². The Morgan fingerprint density at radius 1 is 1.22 bits per heavy atom. The summed E-state index contributed by atoms with van der Waals surface area (Å²) in [4.78, 5) is 47.1.